The fourth-order valence-electron chi connectivity index (χ4n) is 2.29. The van der Waals surface area contributed by atoms with E-state index in [9.17, 15) is 4.79 Å². The summed E-state index contributed by atoms with van der Waals surface area (Å²) in [5.74, 6) is -0.0386. The Morgan fingerprint density at radius 2 is 2.00 bits per heavy atom. The van der Waals surface area contributed by atoms with Gasteiger partial charge in [-0.3, -0.25) is 0 Å². The molecule has 0 aliphatic rings. The number of benzene rings is 2. The maximum atomic E-state index is 11.9. The van der Waals surface area contributed by atoms with Gasteiger partial charge in [-0.05, 0) is 30.3 Å². The van der Waals surface area contributed by atoms with Gasteiger partial charge in [0.2, 0.25) is 0 Å². The monoisotopic (exact) mass is 405 g/mol. The molecule has 0 atom stereocenters. The molecule has 6 heteroatoms. The number of methoxy groups -OCH3 is 1. The van der Waals surface area contributed by atoms with E-state index >= 15 is 0 Å². The average Bonchev–Trinajstić information content (AvgIpc) is 2.60. The second-order valence-electron chi connectivity index (χ2n) is 5.05. The summed E-state index contributed by atoms with van der Waals surface area (Å²) >= 11 is 9.57. The Balaban J connectivity index is 1.88. The van der Waals surface area contributed by atoms with Crippen molar-refractivity contribution < 1.29 is 14.3 Å². The Bertz CT molecular complexity index is 914. The standard InChI is InChI=1S/C18H13BrClNO3/c1-23-18(22)14-9-13(19)6-7-16(14)24-10-12-8-11-4-2-3-5-15(11)21-17(12)20/h2-9H,10H2,1H3. The number of ether oxygens (including phenoxy) is 2. The van der Waals surface area contributed by atoms with Crippen molar-refractivity contribution in [1.82, 2.24) is 4.98 Å². The number of para-hydroxylation sites is 1. The zero-order valence-corrected chi connectivity index (χ0v) is 15.1. The van der Waals surface area contributed by atoms with E-state index in [1.807, 2.05) is 30.3 Å². The smallest absolute Gasteiger partial charge is 0.341 e. The van der Waals surface area contributed by atoms with Crippen LogP contribution < -0.4 is 4.74 Å². The van der Waals surface area contributed by atoms with Crippen molar-refractivity contribution in [3.05, 3.63) is 69.3 Å². The van der Waals surface area contributed by atoms with Gasteiger partial charge < -0.3 is 9.47 Å². The van der Waals surface area contributed by atoms with E-state index in [0.717, 1.165) is 20.9 Å². The number of hydrogen-bond acceptors (Lipinski definition) is 4. The minimum Gasteiger partial charge on any atom is -0.488 e. The molecule has 122 valence electrons. The number of rotatable bonds is 4. The number of pyridine rings is 1. The second-order valence-corrected chi connectivity index (χ2v) is 6.33. The normalized spacial score (nSPS) is 10.6. The van der Waals surface area contributed by atoms with Crippen LogP contribution in [-0.4, -0.2) is 18.1 Å². The molecule has 0 fully saturated rings. The van der Waals surface area contributed by atoms with Crippen molar-refractivity contribution in [2.24, 2.45) is 0 Å². The molecular weight excluding hydrogens is 394 g/mol. The molecule has 0 saturated carbocycles. The molecule has 0 saturated heterocycles. The number of carbonyl (C=O) groups excluding carboxylic acids is 1. The molecule has 3 aromatic rings. The zero-order chi connectivity index (χ0) is 17.1. The first kappa shape index (κ1) is 16.7. The Kier molecular flexibility index (Phi) is 5.02. The van der Waals surface area contributed by atoms with Crippen molar-refractivity contribution in [3.8, 4) is 5.75 Å². The van der Waals surface area contributed by atoms with Crippen LogP contribution in [0.25, 0.3) is 10.9 Å². The Morgan fingerprint density at radius 1 is 1.21 bits per heavy atom. The third-order valence-corrected chi connectivity index (χ3v) is 4.30. The summed E-state index contributed by atoms with van der Waals surface area (Å²) in [4.78, 5) is 16.2. The Hall–Kier alpha value is -2.11. The first-order valence-electron chi connectivity index (χ1n) is 7.13. The number of carbonyl (C=O) groups is 1. The molecule has 24 heavy (non-hydrogen) atoms. The number of fused-ring (bicyclic) bond motifs is 1. The number of hydrogen-bond donors (Lipinski definition) is 0. The molecule has 0 spiro atoms. The van der Waals surface area contributed by atoms with E-state index in [2.05, 4.69) is 20.9 Å². The van der Waals surface area contributed by atoms with Crippen LogP contribution in [0.4, 0.5) is 0 Å². The number of esters is 1. The predicted molar refractivity (Wildman–Crippen MR) is 96.6 cm³/mol. The molecule has 0 N–H and O–H groups in total. The summed E-state index contributed by atoms with van der Waals surface area (Å²) < 4.78 is 11.3. The fraction of sp³-hybridized carbons (Fsp3) is 0.111. The first-order chi connectivity index (χ1) is 11.6. The van der Waals surface area contributed by atoms with Gasteiger partial charge in [-0.15, -0.1) is 0 Å². The average molecular weight is 407 g/mol. The molecule has 0 aliphatic carbocycles. The van der Waals surface area contributed by atoms with Gasteiger partial charge in [-0.1, -0.05) is 45.7 Å². The van der Waals surface area contributed by atoms with Gasteiger partial charge >= 0.3 is 5.97 Å². The van der Waals surface area contributed by atoms with E-state index in [1.54, 1.807) is 18.2 Å². The highest BCUT2D eigenvalue weighted by Gasteiger charge is 2.14. The summed E-state index contributed by atoms with van der Waals surface area (Å²) in [5.41, 5.74) is 1.91. The van der Waals surface area contributed by atoms with Gasteiger partial charge in [0.25, 0.3) is 0 Å². The second kappa shape index (κ2) is 7.20. The van der Waals surface area contributed by atoms with Gasteiger partial charge in [-0.2, -0.15) is 0 Å². The van der Waals surface area contributed by atoms with Crippen molar-refractivity contribution >= 4 is 44.4 Å². The highest BCUT2D eigenvalue weighted by Crippen LogP contribution is 2.27. The van der Waals surface area contributed by atoms with Crippen LogP contribution in [0.1, 0.15) is 15.9 Å². The number of aromatic nitrogens is 1. The SMILES string of the molecule is COC(=O)c1cc(Br)ccc1OCc1cc2ccccc2nc1Cl. The maximum absolute atomic E-state index is 11.9. The van der Waals surface area contributed by atoms with Crippen LogP contribution >= 0.6 is 27.5 Å². The van der Waals surface area contributed by atoms with Crippen LogP contribution in [0.3, 0.4) is 0 Å². The highest BCUT2D eigenvalue weighted by molar-refractivity contribution is 9.10. The molecule has 2 aromatic carbocycles. The molecule has 0 bridgehead atoms. The summed E-state index contributed by atoms with van der Waals surface area (Å²) in [6.45, 7) is 0.197. The van der Waals surface area contributed by atoms with Crippen molar-refractivity contribution in [3.63, 3.8) is 0 Å². The first-order valence-corrected chi connectivity index (χ1v) is 8.30. The van der Waals surface area contributed by atoms with Gasteiger partial charge in [0.15, 0.2) is 0 Å². The van der Waals surface area contributed by atoms with E-state index in [4.69, 9.17) is 21.1 Å². The molecule has 3 rings (SSSR count). The Morgan fingerprint density at radius 3 is 2.79 bits per heavy atom. The molecule has 1 aromatic heterocycles. The molecule has 0 amide bonds. The van der Waals surface area contributed by atoms with E-state index in [1.165, 1.54) is 7.11 Å². The molecular formula is C18H13BrClNO3. The maximum Gasteiger partial charge on any atom is 0.341 e. The summed E-state index contributed by atoms with van der Waals surface area (Å²) in [7, 11) is 1.33. The largest absolute Gasteiger partial charge is 0.488 e. The van der Waals surface area contributed by atoms with Crippen LogP contribution in [0, 0.1) is 0 Å². The molecule has 0 aliphatic heterocycles. The van der Waals surface area contributed by atoms with E-state index in [0.29, 0.717) is 16.5 Å². The lowest BCUT2D eigenvalue weighted by Crippen LogP contribution is -2.06. The lowest BCUT2D eigenvalue weighted by atomic mass is 10.1. The molecule has 4 nitrogen and oxygen atoms in total. The third-order valence-electron chi connectivity index (χ3n) is 3.48. The van der Waals surface area contributed by atoms with Gasteiger partial charge in [0, 0.05) is 15.4 Å². The summed E-state index contributed by atoms with van der Waals surface area (Å²) in [5, 5.41) is 1.36. The number of halogens is 2. The molecule has 0 unspecified atom stereocenters. The van der Waals surface area contributed by atoms with Crippen LogP contribution in [0.15, 0.2) is 53.0 Å². The van der Waals surface area contributed by atoms with Crippen molar-refractivity contribution in [2.75, 3.05) is 7.11 Å². The predicted octanol–water partition coefficient (Wildman–Crippen LogP) is 5.02. The van der Waals surface area contributed by atoms with E-state index in [-0.39, 0.29) is 6.61 Å². The zero-order valence-electron chi connectivity index (χ0n) is 12.8. The van der Waals surface area contributed by atoms with Crippen molar-refractivity contribution in [1.29, 1.82) is 0 Å². The van der Waals surface area contributed by atoms with Gasteiger partial charge in [-0.25, -0.2) is 9.78 Å². The lowest BCUT2D eigenvalue weighted by Gasteiger charge is -2.12. The van der Waals surface area contributed by atoms with Crippen molar-refractivity contribution in [2.45, 2.75) is 6.61 Å². The fourth-order valence-corrected chi connectivity index (χ4v) is 2.85. The lowest BCUT2D eigenvalue weighted by molar-refractivity contribution is 0.0595. The molecule has 1 heterocycles. The minimum absolute atomic E-state index is 0.197. The minimum atomic E-state index is -0.464. The Labute approximate surface area is 152 Å². The molecule has 0 radical (unpaired) electrons. The summed E-state index contributed by atoms with van der Waals surface area (Å²) in [6.07, 6.45) is 0. The van der Waals surface area contributed by atoms with Gasteiger partial charge in [0.1, 0.15) is 23.1 Å². The van der Waals surface area contributed by atoms with Gasteiger partial charge in [0.05, 0.1) is 12.6 Å². The summed E-state index contributed by atoms with van der Waals surface area (Å²) in [6, 6.07) is 14.8. The quantitative estimate of drug-likeness (QED) is 0.451. The van der Waals surface area contributed by atoms with E-state index < -0.39 is 5.97 Å². The topological polar surface area (TPSA) is 48.4 Å². The number of nitrogens with zero attached hydrogens (tertiary/aromatic N) is 1. The third kappa shape index (κ3) is 3.52. The van der Waals surface area contributed by atoms with Crippen LogP contribution in [0.5, 0.6) is 5.75 Å². The highest BCUT2D eigenvalue weighted by atomic mass is 79.9. The van der Waals surface area contributed by atoms with Crippen LogP contribution in [0.2, 0.25) is 5.15 Å². The van der Waals surface area contributed by atoms with Crippen LogP contribution in [-0.2, 0) is 11.3 Å².